The average Bonchev–Trinajstić information content (AvgIpc) is 2.03. The van der Waals surface area contributed by atoms with E-state index in [-0.39, 0.29) is 0 Å². The van der Waals surface area contributed by atoms with E-state index >= 15 is 0 Å². The van der Waals surface area contributed by atoms with Crippen LogP contribution in [0.15, 0.2) is 28.7 Å². The first-order valence-electron chi connectivity index (χ1n) is 3.98. The Labute approximate surface area is 86.7 Å². The van der Waals surface area contributed by atoms with Crippen LogP contribution in [0.4, 0.5) is 5.69 Å². The summed E-state index contributed by atoms with van der Waals surface area (Å²) >= 11 is 3.37. The van der Waals surface area contributed by atoms with Crippen molar-refractivity contribution in [2.45, 2.75) is 19.4 Å². The van der Waals surface area contributed by atoms with Crippen molar-refractivity contribution in [2.75, 3.05) is 5.32 Å². The van der Waals surface area contributed by atoms with Crippen LogP contribution in [0, 0.1) is 11.3 Å². The van der Waals surface area contributed by atoms with Crippen LogP contribution in [0.2, 0.25) is 0 Å². The van der Waals surface area contributed by atoms with Gasteiger partial charge in [-0.05, 0) is 32.0 Å². The van der Waals surface area contributed by atoms with Crippen molar-refractivity contribution in [1.29, 1.82) is 5.26 Å². The molecule has 1 aromatic rings. The maximum absolute atomic E-state index is 8.80. The molecule has 0 heterocycles. The van der Waals surface area contributed by atoms with Crippen molar-refractivity contribution in [3.8, 4) is 6.07 Å². The lowest BCUT2D eigenvalue weighted by molar-refractivity contribution is 0.729. The summed E-state index contributed by atoms with van der Waals surface area (Å²) in [4.78, 5) is 0. The number of hydrogen-bond acceptors (Lipinski definition) is 2. The van der Waals surface area contributed by atoms with Gasteiger partial charge in [-0.3, -0.25) is 0 Å². The largest absolute Gasteiger partial charge is 0.368 e. The van der Waals surface area contributed by atoms with Crippen molar-refractivity contribution in [3.63, 3.8) is 0 Å². The first kappa shape index (κ1) is 10.1. The van der Waals surface area contributed by atoms with Crippen LogP contribution < -0.4 is 5.32 Å². The van der Waals surface area contributed by atoms with Gasteiger partial charge in [-0.15, -0.1) is 0 Å². The molecular formula is C10H11BrN2. The lowest BCUT2D eigenvalue weighted by atomic mass is 10.1. The zero-order chi connectivity index (χ0) is 9.90. The molecule has 3 heteroatoms. The maximum Gasteiger partial charge on any atom is 0.119 e. The van der Waals surface area contributed by atoms with E-state index in [2.05, 4.69) is 27.3 Å². The van der Waals surface area contributed by atoms with E-state index < -0.39 is 5.54 Å². The van der Waals surface area contributed by atoms with Crippen molar-refractivity contribution in [3.05, 3.63) is 28.7 Å². The molecule has 0 aliphatic heterocycles. The minimum absolute atomic E-state index is 0.527. The second-order valence-electron chi connectivity index (χ2n) is 3.37. The lowest BCUT2D eigenvalue weighted by Crippen LogP contribution is -2.28. The fraction of sp³-hybridized carbons (Fsp3) is 0.300. The molecular weight excluding hydrogens is 228 g/mol. The summed E-state index contributed by atoms with van der Waals surface area (Å²) in [6.45, 7) is 3.68. The summed E-state index contributed by atoms with van der Waals surface area (Å²) in [7, 11) is 0. The van der Waals surface area contributed by atoms with E-state index in [1.165, 1.54) is 0 Å². The number of nitrogens with one attached hydrogen (secondary N) is 1. The van der Waals surface area contributed by atoms with Gasteiger partial charge in [-0.25, -0.2) is 0 Å². The predicted molar refractivity (Wildman–Crippen MR) is 57.5 cm³/mol. The highest BCUT2D eigenvalue weighted by atomic mass is 79.9. The number of nitriles is 1. The molecule has 1 rings (SSSR count). The maximum atomic E-state index is 8.80. The van der Waals surface area contributed by atoms with Crippen molar-refractivity contribution < 1.29 is 0 Å². The zero-order valence-electron chi connectivity index (χ0n) is 7.63. The normalized spacial score (nSPS) is 10.6. The Morgan fingerprint density at radius 2 is 2.15 bits per heavy atom. The Morgan fingerprint density at radius 3 is 2.69 bits per heavy atom. The molecule has 0 aromatic heterocycles. The highest BCUT2D eigenvalue weighted by Gasteiger charge is 2.15. The molecule has 0 atom stereocenters. The Balaban J connectivity index is 2.82. The van der Waals surface area contributed by atoms with E-state index in [4.69, 9.17) is 5.26 Å². The molecule has 0 saturated carbocycles. The van der Waals surface area contributed by atoms with Gasteiger partial charge in [0.05, 0.1) is 6.07 Å². The van der Waals surface area contributed by atoms with Gasteiger partial charge in [-0.2, -0.15) is 5.26 Å². The second kappa shape index (κ2) is 3.80. The van der Waals surface area contributed by atoms with E-state index in [9.17, 15) is 0 Å². The SMILES string of the molecule is CC(C)(C#N)Nc1cccc(Br)c1. The molecule has 0 bridgehead atoms. The molecule has 0 aliphatic rings. The third kappa shape index (κ3) is 3.08. The van der Waals surface area contributed by atoms with Crippen molar-refractivity contribution >= 4 is 21.6 Å². The number of anilines is 1. The molecule has 0 unspecified atom stereocenters. The van der Waals surface area contributed by atoms with Gasteiger partial charge in [-0.1, -0.05) is 22.0 Å². The summed E-state index contributed by atoms with van der Waals surface area (Å²) in [5.74, 6) is 0. The molecule has 0 amide bonds. The molecule has 13 heavy (non-hydrogen) atoms. The van der Waals surface area contributed by atoms with E-state index in [0.717, 1.165) is 10.2 Å². The standard InChI is InChI=1S/C10H11BrN2/c1-10(2,7-12)13-9-5-3-4-8(11)6-9/h3-6,13H,1-2H3. The fourth-order valence-electron chi connectivity index (χ4n) is 0.955. The van der Waals surface area contributed by atoms with Crippen molar-refractivity contribution in [1.82, 2.24) is 0 Å². The van der Waals surface area contributed by atoms with E-state index in [1.54, 1.807) is 0 Å². The lowest BCUT2D eigenvalue weighted by Gasteiger charge is -2.18. The topological polar surface area (TPSA) is 35.8 Å². The molecule has 0 radical (unpaired) electrons. The number of benzene rings is 1. The molecule has 0 saturated heterocycles. The summed E-state index contributed by atoms with van der Waals surface area (Å²) in [5, 5.41) is 11.9. The van der Waals surface area contributed by atoms with Gasteiger partial charge < -0.3 is 5.32 Å². The van der Waals surface area contributed by atoms with Crippen LogP contribution in [-0.2, 0) is 0 Å². The number of rotatable bonds is 2. The predicted octanol–water partition coefficient (Wildman–Crippen LogP) is 3.16. The van der Waals surface area contributed by atoms with Crippen LogP contribution in [0.1, 0.15) is 13.8 Å². The first-order valence-corrected chi connectivity index (χ1v) is 4.78. The van der Waals surface area contributed by atoms with Crippen molar-refractivity contribution in [2.24, 2.45) is 0 Å². The monoisotopic (exact) mass is 238 g/mol. The Morgan fingerprint density at radius 1 is 1.46 bits per heavy atom. The highest BCUT2D eigenvalue weighted by Crippen LogP contribution is 2.19. The van der Waals surface area contributed by atoms with Crippen LogP contribution in [0.5, 0.6) is 0 Å². The Kier molecular flexibility index (Phi) is 2.94. The van der Waals surface area contributed by atoms with Gasteiger partial charge in [0.1, 0.15) is 5.54 Å². The van der Waals surface area contributed by atoms with Gasteiger partial charge in [0.15, 0.2) is 0 Å². The third-order valence-electron chi connectivity index (χ3n) is 1.56. The van der Waals surface area contributed by atoms with E-state index in [1.807, 2.05) is 38.1 Å². The minimum atomic E-state index is -0.527. The second-order valence-corrected chi connectivity index (χ2v) is 4.29. The molecule has 0 fully saturated rings. The Hall–Kier alpha value is -1.01. The summed E-state index contributed by atoms with van der Waals surface area (Å²) < 4.78 is 1.01. The molecule has 68 valence electrons. The van der Waals surface area contributed by atoms with Crippen LogP contribution in [0.25, 0.3) is 0 Å². The number of hydrogen-bond donors (Lipinski definition) is 1. The number of halogens is 1. The van der Waals surface area contributed by atoms with Gasteiger partial charge >= 0.3 is 0 Å². The quantitative estimate of drug-likeness (QED) is 0.860. The first-order chi connectivity index (χ1) is 6.03. The molecule has 0 spiro atoms. The molecule has 1 N–H and O–H groups in total. The van der Waals surface area contributed by atoms with Gasteiger partial charge in [0.25, 0.3) is 0 Å². The van der Waals surface area contributed by atoms with Gasteiger partial charge in [0, 0.05) is 10.2 Å². The average molecular weight is 239 g/mol. The Bertz CT molecular complexity index is 339. The fourth-order valence-corrected chi connectivity index (χ4v) is 1.35. The summed E-state index contributed by atoms with van der Waals surface area (Å²) in [6, 6.07) is 9.94. The van der Waals surface area contributed by atoms with E-state index in [0.29, 0.717) is 0 Å². The number of nitrogens with zero attached hydrogens (tertiary/aromatic N) is 1. The third-order valence-corrected chi connectivity index (χ3v) is 2.05. The zero-order valence-corrected chi connectivity index (χ0v) is 9.22. The summed E-state index contributed by atoms with van der Waals surface area (Å²) in [5.41, 5.74) is 0.418. The van der Waals surface area contributed by atoms with Crippen LogP contribution in [-0.4, -0.2) is 5.54 Å². The molecule has 1 aromatic carbocycles. The van der Waals surface area contributed by atoms with Crippen LogP contribution >= 0.6 is 15.9 Å². The highest BCUT2D eigenvalue weighted by molar-refractivity contribution is 9.10. The van der Waals surface area contributed by atoms with Gasteiger partial charge in [0.2, 0.25) is 0 Å². The molecule has 0 aliphatic carbocycles. The molecule has 2 nitrogen and oxygen atoms in total. The van der Waals surface area contributed by atoms with Crippen LogP contribution in [0.3, 0.4) is 0 Å². The summed E-state index contributed by atoms with van der Waals surface area (Å²) in [6.07, 6.45) is 0. The minimum Gasteiger partial charge on any atom is -0.368 e. The smallest absolute Gasteiger partial charge is 0.119 e.